The second-order valence-corrected chi connectivity index (χ2v) is 10.4. The fraction of sp³-hybridized carbons (Fsp3) is 0.286. The molecule has 4 aromatic rings. The van der Waals surface area contributed by atoms with Gasteiger partial charge in [-0.2, -0.15) is 0 Å². The lowest BCUT2D eigenvalue weighted by atomic mass is 10.0. The molecule has 4 nitrogen and oxygen atoms in total. The van der Waals surface area contributed by atoms with E-state index >= 15 is 0 Å². The summed E-state index contributed by atoms with van der Waals surface area (Å²) < 4.78 is 4.25. The van der Waals surface area contributed by atoms with Crippen LogP contribution in [0.5, 0.6) is 0 Å². The van der Waals surface area contributed by atoms with Crippen molar-refractivity contribution in [2.45, 2.75) is 32.9 Å². The molecule has 33 heavy (non-hydrogen) atoms. The maximum absolute atomic E-state index is 13.1. The molecule has 0 radical (unpaired) electrons. The van der Waals surface area contributed by atoms with Crippen molar-refractivity contribution in [1.82, 2.24) is 9.55 Å². The van der Waals surface area contributed by atoms with Gasteiger partial charge in [0.2, 0.25) is 5.78 Å². The van der Waals surface area contributed by atoms with Crippen molar-refractivity contribution in [2.75, 3.05) is 20.1 Å². The van der Waals surface area contributed by atoms with Crippen molar-refractivity contribution < 1.29 is 9.28 Å². The van der Waals surface area contributed by atoms with Crippen LogP contribution in [-0.2, 0) is 25.9 Å². The first-order chi connectivity index (χ1) is 15.9. The number of aryl methyl sites for hydroxylation is 3. The van der Waals surface area contributed by atoms with Crippen molar-refractivity contribution in [3.8, 4) is 0 Å². The molecule has 0 aliphatic carbocycles. The second kappa shape index (κ2) is 8.88. The highest BCUT2D eigenvalue weighted by Gasteiger charge is 2.34. The van der Waals surface area contributed by atoms with E-state index in [1.54, 1.807) is 0 Å². The van der Waals surface area contributed by atoms with Crippen molar-refractivity contribution >= 4 is 32.6 Å². The minimum Gasteiger partial charge on any atom is -0.344 e. The Bertz CT molecular complexity index is 1310. The number of carbonyl (C=O) groups excluding carboxylic acids is 1. The number of nitrogens with zero attached hydrogens (tertiary/aromatic N) is 3. The minimum atomic E-state index is 0.212. The van der Waals surface area contributed by atoms with Gasteiger partial charge in [0.05, 0.1) is 13.6 Å². The van der Waals surface area contributed by atoms with E-state index < -0.39 is 0 Å². The van der Waals surface area contributed by atoms with Crippen LogP contribution in [0.2, 0.25) is 0 Å². The molecular formula is C28H29BrN3O+. The Labute approximate surface area is 203 Å². The minimum absolute atomic E-state index is 0.212. The molecular weight excluding hydrogens is 474 g/mol. The Morgan fingerprint density at radius 3 is 2.64 bits per heavy atom. The van der Waals surface area contributed by atoms with Crippen LogP contribution in [0.4, 0.5) is 0 Å². The molecule has 0 saturated heterocycles. The summed E-state index contributed by atoms with van der Waals surface area (Å²) in [5.41, 5.74) is 7.25. The van der Waals surface area contributed by atoms with E-state index in [0.717, 1.165) is 52.7 Å². The number of para-hydroxylation sites is 1. The van der Waals surface area contributed by atoms with Crippen molar-refractivity contribution in [3.05, 3.63) is 99.4 Å². The number of Topliss-reactive ketones (excluding diaryl/α,β-unsaturated/α-hetero) is 1. The number of pyridine rings is 1. The number of aromatic nitrogens is 2. The lowest BCUT2D eigenvalue weighted by Crippen LogP contribution is -2.50. The van der Waals surface area contributed by atoms with Crippen LogP contribution in [0, 0.1) is 6.92 Å². The molecule has 5 heteroatoms. The molecule has 0 unspecified atom stereocenters. The number of benzene rings is 2. The quantitative estimate of drug-likeness (QED) is 0.249. The van der Waals surface area contributed by atoms with Crippen LogP contribution in [0.1, 0.15) is 32.9 Å². The molecule has 0 spiro atoms. The predicted molar refractivity (Wildman–Crippen MR) is 136 cm³/mol. The summed E-state index contributed by atoms with van der Waals surface area (Å²) in [6, 6.07) is 20.7. The van der Waals surface area contributed by atoms with Gasteiger partial charge in [-0.25, -0.2) is 0 Å². The summed E-state index contributed by atoms with van der Waals surface area (Å²) in [4.78, 5) is 17.5. The Balaban J connectivity index is 1.41. The highest BCUT2D eigenvalue weighted by Crippen LogP contribution is 2.33. The summed E-state index contributed by atoms with van der Waals surface area (Å²) in [5.74, 6) is 0.212. The van der Waals surface area contributed by atoms with E-state index in [9.17, 15) is 4.79 Å². The van der Waals surface area contributed by atoms with Gasteiger partial charge >= 0.3 is 0 Å². The Morgan fingerprint density at radius 1 is 1.09 bits per heavy atom. The summed E-state index contributed by atoms with van der Waals surface area (Å²) in [6.07, 6.45) is 3.95. The molecule has 0 fully saturated rings. The van der Waals surface area contributed by atoms with E-state index in [4.69, 9.17) is 0 Å². The van der Waals surface area contributed by atoms with E-state index in [1.165, 1.54) is 27.7 Å². The number of hydrogen-bond donors (Lipinski definition) is 0. The smallest absolute Gasteiger partial charge is 0.216 e. The SMILES string of the molecule is Cc1ccc(CCn2c3c(c4ccccc42)C[N@+](C)(CC(=O)c2ccc(Br)cc2)CC3)cn1. The first-order valence-electron chi connectivity index (χ1n) is 11.5. The van der Waals surface area contributed by atoms with Gasteiger partial charge < -0.3 is 9.05 Å². The number of fused-ring (bicyclic) bond motifs is 3. The van der Waals surface area contributed by atoms with E-state index in [2.05, 4.69) is 68.9 Å². The molecule has 2 aromatic heterocycles. The fourth-order valence-electron chi connectivity index (χ4n) is 5.08. The summed E-state index contributed by atoms with van der Waals surface area (Å²) in [5, 5.41) is 1.33. The van der Waals surface area contributed by atoms with Crippen LogP contribution in [0.25, 0.3) is 10.9 Å². The highest BCUT2D eigenvalue weighted by atomic mass is 79.9. The van der Waals surface area contributed by atoms with Crippen LogP contribution < -0.4 is 0 Å². The summed E-state index contributed by atoms with van der Waals surface area (Å²) in [7, 11) is 2.23. The molecule has 2 aromatic carbocycles. The zero-order valence-electron chi connectivity index (χ0n) is 19.2. The molecule has 3 heterocycles. The number of ketones is 1. The molecule has 0 N–H and O–H groups in total. The molecule has 168 valence electrons. The number of hydrogen-bond acceptors (Lipinski definition) is 2. The van der Waals surface area contributed by atoms with Gasteiger partial charge in [0, 0.05) is 57.1 Å². The number of rotatable bonds is 6. The number of halogens is 1. The van der Waals surface area contributed by atoms with Crippen LogP contribution in [0.15, 0.2) is 71.3 Å². The second-order valence-electron chi connectivity index (χ2n) is 9.49. The lowest BCUT2D eigenvalue weighted by molar-refractivity contribution is -0.916. The van der Waals surface area contributed by atoms with Gasteiger partial charge in [-0.15, -0.1) is 0 Å². The maximum Gasteiger partial charge on any atom is 0.216 e. The van der Waals surface area contributed by atoms with Gasteiger partial charge in [-0.3, -0.25) is 9.78 Å². The fourth-order valence-corrected chi connectivity index (χ4v) is 5.34. The molecule has 1 atom stereocenters. The van der Waals surface area contributed by atoms with E-state index in [0.29, 0.717) is 6.54 Å². The largest absolute Gasteiger partial charge is 0.344 e. The van der Waals surface area contributed by atoms with Crippen LogP contribution in [0.3, 0.4) is 0 Å². The molecule has 0 amide bonds. The lowest BCUT2D eigenvalue weighted by Gasteiger charge is -2.37. The zero-order chi connectivity index (χ0) is 23.0. The third-order valence-electron chi connectivity index (χ3n) is 6.91. The van der Waals surface area contributed by atoms with Crippen LogP contribution in [-0.4, -0.2) is 40.0 Å². The Kier molecular flexibility index (Phi) is 5.94. The normalized spacial score (nSPS) is 17.8. The third kappa shape index (κ3) is 4.53. The van der Waals surface area contributed by atoms with E-state index in [1.807, 2.05) is 37.4 Å². The van der Waals surface area contributed by atoms with Gasteiger partial charge in [-0.1, -0.05) is 52.3 Å². The zero-order valence-corrected chi connectivity index (χ0v) is 20.8. The third-order valence-corrected chi connectivity index (χ3v) is 7.44. The predicted octanol–water partition coefficient (Wildman–Crippen LogP) is 5.74. The number of carbonyl (C=O) groups is 1. The van der Waals surface area contributed by atoms with Gasteiger partial charge in [-0.05, 0) is 43.2 Å². The van der Waals surface area contributed by atoms with Gasteiger partial charge in [0.1, 0.15) is 13.1 Å². The monoisotopic (exact) mass is 502 g/mol. The van der Waals surface area contributed by atoms with Gasteiger partial charge in [0.25, 0.3) is 0 Å². The molecule has 0 bridgehead atoms. The van der Waals surface area contributed by atoms with Crippen LogP contribution >= 0.6 is 15.9 Å². The van der Waals surface area contributed by atoms with E-state index in [-0.39, 0.29) is 5.78 Å². The number of quaternary nitrogens is 1. The van der Waals surface area contributed by atoms with Gasteiger partial charge in [0.15, 0.2) is 0 Å². The molecule has 5 rings (SSSR count). The van der Waals surface area contributed by atoms with Crippen molar-refractivity contribution in [3.63, 3.8) is 0 Å². The highest BCUT2D eigenvalue weighted by molar-refractivity contribution is 9.10. The average molecular weight is 503 g/mol. The summed E-state index contributed by atoms with van der Waals surface area (Å²) in [6.45, 7) is 5.35. The molecule has 1 aliphatic rings. The first kappa shape index (κ1) is 22.1. The first-order valence-corrected chi connectivity index (χ1v) is 12.3. The standard InChI is InChI=1S/C28H29BrN3O/c1-20-7-8-21(17-30-20)13-15-31-26-6-4-3-5-24(26)25-18-32(2,16-14-27(25)31)19-28(33)22-9-11-23(29)12-10-22/h3-12,17H,13-16,18-19H2,1-2H3/q+1/t32-/m1/s1. The average Bonchev–Trinajstić information content (AvgIpc) is 3.11. The Morgan fingerprint density at radius 2 is 1.88 bits per heavy atom. The van der Waals surface area contributed by atoms with Crippen molar-refractivity contribution in [2.24, 2.45) is 0 Å². The number of likely N-dealkylation sites (N-methyl/N-ethyl adjacent to an activating group) is 1. The summed E-state index contributed by atoms with van der Waals surface area (Å²) >= 11 is 3.46. The topological polar surface area (TPSA) is 34.9 Å². The van der Waals surface area contributed by atoms with Crippen molar-refractivity contribution in [1.29, 1.82) is 0 Å². The maximum atomic E-state index is 13.1. The molecule has 1 aliphatic heterocycles. The molecule has 0 saturated carbocycles. The Hall–Kier alpha value is -2.76.